The van der Waals surface area contributed by atoms with E-state index in [2.05, 4.69) is 10.4 Å². The van der Waals surface area contributed by atoms with Crippen LogP contribution in [0.2, 0.25) is 0 Å². The van der Waals surface area contributed by atoms with Crippen molar-refractivity contribution < 1.29 is 9.53 Å². The van der Waals surface area contributed by atoms with Gasteiger partial charge in [-0.1, -0.05) is 0 Å². The van der Waals surface area contributed by atoms with Gasteiger partial charge in [0.15, 0.2) is 5.11 Å². The number of carbonyl (C=O) groups is 1. The predicted molar refractivity (Wildman–Crippen MR) is 82.3 cm³/mol. The first kappa shape index (κ1) is 14.2. The van der Waals surface area contributed by atoms with Crippen LogP contribution in [0.1, 0.15) is 24.1 Å². The molecule has 0 saturated carbocycles. The van der Waals surface area contributed by atoms with Crippen LogP contribution in [0.4, 0.5) is 0 Å². The van der Waals surface area contributed by atoms with Crippen molar-refractivity contribution >= 4 is 29.3 Å². The molecule has 7 heteroatoms. The highest BCUT2D eigenvalue weighted by Crippen LogP contribution is 2.19. The van der Waals surface area contributed by atoms with Crippen molar-refractivity contribution in [2.45, 2.75) is 25.9 Å². The molecule has 2 aliphatic rings. The van der Waals surface area contributed by atoms with Gasteiger partial charge in [0.1, 0.15) is 5.70 Å². The van der Waals surface area contributed by atoms with Crippen LogP contribution in [0.25, 0.3) is 6.08 Å². The van der Waals surface area contributed by atoms with Crippen molar-refractivity contribution in [3.63, 3.8) is 0 Å². The zero-order valence-corrected chi connectivity index (χ0v) is 12.9. The molecule has 3 rings (SSSR count). The number of nitrogens with one attached hydrogen (secondary N) is 1. The first-order valence-corrected chi connectivity index (χ1v) is 7.42. The number of thiocarbonyl (C=S) groups is 1. The van der Waals surface area contributed by atoms with Crippen LogP contribution in [0.5, 0.6) is 0 Å². The zero-order chi connectivity index (χ0) is 15.0. The fourth-order valence-electron chi connectivity index (χ4n) is 2.64. The first-order valence-electron chi connectivity index (χ1n) is 7.01. The number of aromatic nitrogens is 2. The van der Waals surface area contributed by atoms with Gasteiger partial charge in [0.05, 0.1) is 18.3 Å². The lowest BCUT2D eigenvalue weighted by Gasteiger charge is -2.18. The van der Waals surface area contributed by atoms with Crippen molar-refractivity contribution in [3.05, 3.63) is 23.2 Å². The van der Waals surface area contributed by atoms with E-state index in [0.29, 0.717) is 17.4 Å². The topological polar surface area (TPSA) is 59.4 Å². The molecule has 1 aromatic heterocycles. The second-order valence-electron chi connectivity index (χ2n) is 5.38. The third-order valence-electron chi connectivity index (χ3n) is 3.72. The lowest BCUT2D eigenvalue weighted by Crippen LogP contribution is -2.37. The molecule has 1 atom stereocenters. The Morgan fingerprint density at radius 3 is 3.05 bits per heavy atom. The van der Waals surface area contributed by atoms with Crippen LogP contribution in [0.3, 0.4) is 0 Å². The lowest BCUT2D eigenvalue weighted by molar-refractivity contribution is -0.123. The summed E-state index contributed by atoms with van der Waals surface area (Å²) in [7, 11) is 1.85. The van der Waals surface area contributed by atoms with Crippen molar-refractivity contribution in [3.8, 4) is 0 Å². The Labute approximate surface area is 128 Å². The number of hydrogen-bond donors (Lipinski definition) is 1. The molecular formula is C14H18N4O2S. The van der Waals surface area contributed by atoms with E-state index >= 15 is 0 Å². The summed E-state index contributed by atoms with van der Waals surface area (Å²) < 4.78 is 7.30. The normalized spacial score (nSPS) is 24.2. The van der Waals surface area contributed by atoms with Crippen molar-refractivity contribution in [2.75, 3.05) is 13.2 Å². The minimum Gasteiger partial charge on any atom is -0.376 e. The van der Waals surface area contributed by atoms with E-state index in [1.165, 1.54) is 0 Å². The molecule has 6 nitrogen and oxygen atoms in total. The molecule has 0 radical (unpaired) electrons. The summed E-state index contributed by atoms with van der Waals surface area (Å²) in [6.07, 6.45) is 5.79. The molecule has 2 aliphatic heterocycles. The molecule has 0 aliphatic carbocycles. The first-order chi connectivity index (χ1) is 10.0. The summed E-state index contributed by atoms with van der Waals surface area (Å²) in [4.78, 5) is 14.0. The number of amides is 1. The fourth-order valence-corrected chi connectivity index (χ4v) is 2.91. The quantitative estimate of drug-likeness (QED) is 0.666. The standard InChI is InChI=1S/C14H18N4O2S/c1-9-10(7-17(2)16-9)6-12-13(19)18(14(21)15-12)8-11-4-3-5-20-11/h6-7,11H,3-5,8H2,1-2H3,(H,15,21)/b12-6+. The Balaban J connectivity index is 1.77. The average molecular weight is 306 g/mol. The maximum Gasteiger partial charge on any atom is 0.276 e. The van der Waals surface area contributed by atoms with Gasteiger partial charge in [-0.15, -0.1) is 0 Å². The van der Waals surface area contributed by atoms with Gasteiger partial charge < -0.3 is 10.1 Å². The third-order valence-corrected chi connectivity index (χ3v) is 4.05. The Bertz CT molecular complexity index is 616. The maximum atomic E-state index is 12.5. The molecule has 1 unspecified atom stereocenters. The van der Waals surface area contributed by atoms with Gasteiger partial charge in [-0.2, -0.15) is 5.10 Å². The molecule has 0 bridgehead atoms. The monoisotopic (exact) mass is 306 g/mol. The number of carbonyl (C=O) groups excluding carboxylic acids is 1. The SMILES string of the molecule is Cc1nn(C)cc1/C=C1/NC(=S)N(CC2CCCO2)C1=O. The van der Waals surface area contributed by atoms with E-state index in [0.717, 1.165) is 30.7 Å². The van der Waals surface area contributed by atoms with Crippen molar-refractivity contribution in [1.82, 2.24) is 20.0 Å². The van der Waals surface area contributed by atoms with Gasteiger partial charge in [0.2, 0.25) is 0 Å². The summed E-state index contributed by atoms with van der Waals surface area (Å²) in [6, 6.07) is 0. The highest BCUT2D eigenvalue weighted by Gasteiger charge is 2.33. The largest absolute Gasteiger partial charge is 0.376 e. The van der Waals surface area contributed by atoms with Gasteiger partial charge in [-0.05, 0) is 38.1 Å². The zero-order valence-electron chi connectivity index (χ0n) is 12.1. The molecule has 1 N–H and O–H groups in total. The molecule has 2 saturated heterocycles. The van der Waals surface area contributed by atoms with Gasteiger partial charge in [-0.3, -0.25) is 14.4 Å². The number of ether oxygens (including phenoxy) is 1. The Morgan fingerprint density at radius 2 is 2.43 bits per heavy atom. The Hall–Kier alpha value is -1.73. The molecule has 0 spiro atoms. The van der Waals surface area contributed by atoms with Gasteiger partial charge in [-0.25, -0.2) is 0 Å². The summed E-state index contributed by atoms with van der Waals surface area (Å²) in [5.74, 6) is -0.0984. The van der Waals surface area contributed by atoms with Crippen LogP contribution in [0, 0.1) is 6.92 Å². The van der Waals surface area contributed by atoms with E-state index in [9.17, 15) is 4.79 Å². The molecule has 112 valence electrons. The minimum atomic E-state index is -0.0984. The van der Waals surface area contributed by atoms with Crippen molar-refractivity contribution in [1.29, 1.82) is 0 Å². The maximum absolute atomic E-state index is 12.5. The van der Waals surface area contributed by atoms with Crippen LogP contribution >= 0.6 is 12.2 Å². The summed E-state index contributed by atoms with van der Waals surface area (Å²) in [5.41, 5.74) is 2.28. The number of hydrogen-bond acceptors (Lipinski definition) is 4. The van der Waals surface area contributed by atoms with Crippen LogP contribution in [0.15, 0.2) is 11.9 Å². The summed E-state index contributed by atoms with van der Waals surface area (Å²) in [5, 5.41) is 7.70. The molecular weight excluding hydrogens is 288 g/mol. The molecule has 0 aromatic carbocycles. The van der Waals surface area contributed by atoms with Crippen LogP contribution in [-0.2, 0) is 16.6 Å². The second kappa shape index (κ2) is 5.57. The van der Waals surface area contributed by atoms with Crippen molar-refractivity contribution in [2.24, 2.45) is 7.05 Å². The third kappa shape index (κ3) is 2.84. The fraction of sp³-hybridized carbons (Fsp3) is 0.500. The molecule has 3 heterocycles. The van der Waals surface area contributed by atoms with E-state index in [4.69, 9.17) is 17.0 Å². The number of rotatable bonds is 3. The van der Waals surface area contributed by atoms with E-state index in [1.54, 1.807) is 15.7 Å². The van der Waals surface area contributed by atoms with Crippen LogP contribution < -0.4 is 5.32 Å². The summed E-state index contributed by atoms with van der Waals surface area (Å²) >= 11 is 5.26. The molecule has 1 amide bonds. The lowest BCUT2D eigenvalue weighted by atomic mass is 10.2. The van der Waals surface area contributed by atoms with Gasteiger partial charge in [0, 0.05) is 25.4 Å². The Kier molecular flexibility index (Phi) is 3.77. The highest BCUT2D eigenvalue weighted by atomic mass is 32.1. The summed E-state index contributed by atoms with van der Waals surface area (Å²) in [6.45, 7) is 3.20. The molecule has 1 aromatic rings. The Morgan fingerprint density at radius 1 is 1.62 bits per heavy atom. The number of aryl methyl sites for hydroxylation is 2. The van der Waals surface area contributed by atoms with E-state index in [-0.39, 0.29) is 12.0 Å². The second-order valence-corrected chi connectivity index (χ2v) is 5.77. The van der Waals surface area contributed by atoms with E-state index in [1.807, 2.05) is 20.2 Å². The number of nitrogens with zero attached hydrogens (tertiary/aromatic N) is 3. The van der Waals surface area contributed by atoms with Gasteiger partial charge >= 0.3 is 0 Å². The van der Waals surface area contributed by atoms with Crippen LogP contribution in [-0.4, -0.2) is 45.0 Å². The minimum absolute atomic E-state index is 0.0909. The highest BCUT2D eigenvalue weighted by molar-refractivity contribution is 7.80. The average Bonchev–Trinajstić information content (AvgIpc) is 3.10. The molecule has 21 heavy (non-hydrogen) atoms. The predicted octanol–water partition coefficient (Wildman–Crippen LogP) is 0.965. The smallest absolute Gasteiger partial charge is 0.276 e. The molecule has 2 fully saturated rings. The van der Waals surface area contributed by atoms with Gasteiger partial charge in [0.25, 0.3) is 5.91 Å². The van der Waals surface area contributed by atoms with E-state index < -0.39 is 0 Å².